The lowest BCUT2D eigenvalue weighted by atomic mass is 10.1. The predicted octanol–water partition coefficient (Wildman–Crippen LogP) is 4.13. The Morgan fingerprint density at radius 3 is 2.59 bits per heavy atom. The van der Waals surface area contributed by atoms with Gasteiger partial charge in [0.1, 0.15) is 18.4 Å². The van der Waals surface area contributed by atoms with Crippen LogP contribution in [0.2, 0.25) is 0 Å². The molecule has 0 saturated carbocycles. The average molecular weight is 393 g/mol. The van der Waals surface area contributed by atoms with E-state index in [1.807, 2.05) is 69.3 Å². The van der Waals surface area contributed by atoms with Crippen molar-refractivity contribution in [2.75, 3.05) is 13.7 Å². The summed E-state index contributed by atoms with van der Waals surface area (Å²) in [5, 5.41) is 7.18. The lowest BCUT2D eigenvalue weighted by molar-refractivity contribution is 0.191. The molecule has 0 aliphatic rings. The Hall–Kier alpha value is -3.35. The number of urea groups is 1. The highest BCUT2D eigenvalue weighted by Crippen LogP contribution is 2.22. The second-order valence-corrected chi connectivity index (χ2v) is 6.90. The van der Waals surface area contributed by atoms with Crippen molar-refractivity contribution in [3.8, 4) is 11.4 Å². The van der Waals surface area contributed by atoms with Crippen LogP contribution in [0, 0.1) is 0 Å². The number of carbonyl (C=O) groups excluding carboxylic acids is 1. The van der Waals surface area contributed by atoms with E-state index in [0.29, 0.717) is 6.61 Å². The molecule has 3 aromatic rings. The third kappa shape index (κ3) is 4.93. The molecule has 2 unspecified atom stereocenters. The van der Waals surface area contributed by atoms with Crippen molar-refractivity contribution in [3.63, 3.8) is 0 Å². The quantitative estimate of drug-likeness (QED) is 0.655. The SMILES string of the molecule is CCOc1cccc(C(C)NC(=O)N(C)C(C)c2ccc(-n3cncn3)cc2)c1. The van der Waals surface area contributed by atoms with Crippen LogP contribution >= 0.6 is 0 Å². The Morgan fingerprint density at radius 1 is 1.17 bits per heavy atom. The molecule has 0 fully saturated rings. The van der Waals surface area contributed by atoms with Gasteiger partial charge in [-0.05, 0) is 56.2 Å². The number of carbonyl (C=O) groups is 1. The fraction of sp³-hybridized carbons (Fsp3) is 0.318. The van der Waals surface area contributed by atoms with E-state index in [1.165, 1.54) is 6.33 Å². The van der Waals surface area contributed by atoms with E-state index < -0.39 is 0 Å². The fourth-order valence-corrected chi connectivity index (χ4v) is 3.06. The molecule has 3 rings (SSSR count). The number of hydrogen-bond donors (Lipinski definition) is 1. The molecule has 1 N–H and O–H groups in total. The van der Waals surface area contributed by atoms with Gasteiger partial charge in [-0.1, -0.05) is 24.3 Å². The first-order valence-corrected chi connectivity index (χ1v) is 9.70. The van der Waals surface area contributed by atoms with Crippen molar-refractivity contribution in [2.45, 2.75) is 32.9 Å². The zero-order valence-corrected chi connectivity index (χ0v) is 17.2. The van der Waals surface area contributed by atoms with Crippen LogP contribution in [0.3, 0.4) is 0 Å². The molecule has 7 nitrogen and oxygen atoms in total. The molecule has 0 bridgehead atoms. The lowest BCUT2D eigenvalue weighted by Gasteiger charge is -2.27. The summed E-state index contributed by atoms with van der Waals surface area (Å²) < 4.78 is 7.25. The van der Waals surface area contributed by atoms with Crippen molar-refractivity contribution >= 4 is 6.03 Å². The molecule has 2 amide bonds. The summed E-state index contributed by atoms with van der Waals surface area (Å²) >= 11 is 0. The standard InChI is InChI=1S/C22H27N5O2/c1-5-29-21-8-6-7-19(13-21)16(2)25-22(28)26(4)17(3)18-9-11-20(12-10-18)27-15-23-14-24-27/h6-17H,5H2,1-4H3,(H,25,28). The Kier molecular flexibility index (Phi) is 6.49. The summed E-state index contributed by atoms with van der Waals surface area (Å²) in [5.74, 6) is 0.806. The van der Waals surface area contributed by atoms with Crippen molar-refractivity contribution in [1.82, 2.24) is 25.0 Å². The van der Waals surface area contributed by atoms with Crippen LogP contribution in [0.5, 0.6) is 5.75 Å². The molecular weight excluding hydrogens is 366 g/mol. The van der Waals surface area contributed by atoms with E-state index >= 15 is 0 Å². The van der Waals surface area contributed by atoms with E-state index in [1.54, 1.807) is 23.0 Å². The maximum absolute atomic E-state index is 12.8. The number of nitrogens with one attached hydrogen (secondary N) is 1. The molecule has 7 heteroatoms. The highest BCUT2D eigenvalue weighted by atomic mass is 16.5. The third-order valence-electron chi connectivity index (χ3n) is 4.97. The van der Waals surface area contributed by atoms with Crippen molar-refractivity contribution in [3.05, 3.63) is 72.3 Å². The Morgan fingerprint density at radius 2 is 1.93 bits per heavy atom. The van der Waals surface area contributed by atoms with Gasteiger partial charge in [-0.15, -0.1) is 0 Å². The Balaban J connectivity index is 1.63. The van der Waals surface area contributed by atoms with Gasteiger partial charge in [-0.25, -0.2) is 14.5 Å². The van der Waals surface area contributed by atoms with Gasteiger partial charge in [0.15, 0.2) is 0 Å². The smallest absolute Gasteiger partial charge is 0.318 e. The van der Waals surface area contributed by atoms with E-state index in [2.05, 4.69) is 15.4 Å². The predicted molar refractivity (Wildman–Crippen MR) is 112 cm³/mol. The van der Waals surface area contributed by atoms with Gasteiger partial charge in [0.25, 0.3) is 0 Å². The van der Waals surface area contributed by atoms with Crippen LogP contribution in [0.1, 0.15) is 44.0 Å². The van der Waals surface area contributed by atoms with E-state index in [0.717, 1.165) is 22.6 Å². The molecule has 0 radical (unpaired) electrons. The van der Waals surface area contributed by atoms with E-state index in [9.17, 15) is 4.79 Å². The van der Waals surface area contributed by atoms with Crippen LogP contribution < -0.4 is 10.1 Å². The molecule has 29 heavy (non-hydrogen) atoms. The minimum absolute atomic E-state index is 0.0817. The van der Waals surface area contributed by atoms with Gasteiger partial charge in [0.05, 0.1) is 24.4 Å². The molecule has 2 atom stereocenters. The highest BCUT2D eigenvalue weighted by molar-refractivity contribution is 5.75. The zero-order chi connectivity index (χ0) is 20.8. The van der Waals surface area contributed by atoms with Gasteiger partial charge in [0.2, 0.25) is 0 Å². The Bertz CT molecular complexity index is 925. The number of hydrogen-bond acceptors (Lipinski definition) is 4. The monoisotopic (exact) mass is 393 g/mol. The molecule has 2 aromatic carbocycles. The lowest BCUT2D eigenvalue weighted by Crippen LogP contribution is -2.39. The summed E-state index contributed by atoms with van der Waals surface area (Å²) in [4.78, 5) is 18.4. The summed E-state index contributed by atoms with van der Waals surface area (Å²) in [7, 11) is 1.80. The molecule has 1 heterocycles. The normalized spacial score (nSPS) is 12.8. The number of ether oxygens (including phenoxy) is 1. The summed E-state index contributed by atoms with van der Waals surface area (Å²) in [6.07, 6.45) is 3.15. The van der Waals surface area contributed by atoms with Gasteiger partial charge >= 0.3 is 6.03 Å². The number of nitrogens with zero attached hydrogens (tertiary/aromatic N) is 4. The van der Waals surface area contributed by atoms with Crippen molar-refractivity contribution in [2.24, 2.45) is 0 Å². The van der Waals surface area contributed by atoms with E-state index in [4.69, 9.17) is 4.74 Å². The van der Waals surface area contributed by atoms with Gasteiger partial charge in [-0.2, -0.15) is 5.10 Å². The van der Waals surface area contributed by atoms with Crippen LogP contribution in [-0.2, 0) is 0 Å². The maximum Gasteiger partial charge on any atom is 0.318 e. The molecule has 0 spiro atoms. The summed E-state index contributed by atoms with van der Waals surface area (Å²) in [6.45, 7) is 6.53. The first-order chi connectivity index (χ1) is 14.0. The fourth-order valence-electron chi connectivity index (χ4n) is 3.06. The minimum atomic E-state index is -0.132. The number of amides is 2. The summed E-state index contributed by atoms with van der Waals surface area (Å²) in [6, 6.07) is 15.4. The number of benzene rings is 2. The van der Waals surface area contributed by atoms with Gasteiger partial charge < -0.3 is 15.0 Å². The van der Waals surface area contributed by atoms with E-state index in [-0.39, 0.29) is 18.1 Å². The second-order valence-electron chi connectivity index (χ2n) is 6.90. The highest BCUT2D eigenvalue weighted by Gasteiger charge is 2.19. The average Bonchev–Trinajstić information content (AvgIpc) is 3.28. The first kappa shape index (κ1) is 20.4. The van der Waals surface area contributed by atoms with Crippen LogP contribution in [0.4, 0.5) is 4.79 Å². The van der Waals surface area contributed by atoms with Crippen molar-refractivity contribution < 1.29 is 9.53 Å². The summed E-state index contributed by atoms with van der Waals surface area (Å²) in [5.41, 5.74) is 2.97. The Labute approximate surface area is 171 Å². The third-order valence-corrected chi connectivity index (χ3v) is 4.97. The molecule has 152 valence electrons. The van der Waals surface area contributed by atoms with Crippen LogP contribution in [0.15, 0.2) is 61.2 Å². The van der Waals surface area contributed by atoms with Crippen LogP contribution in [0.25, 0.3) is 5.69 Å². The second kappa shape index (κ2) is 9.23. The van der Waals surface area contributed by atoms with Gasteiger partial charge in [-0.3, -0.25) is 0 Å². The van der Waals surface area contributed by atoms with Crippen molar-refractivity contribution in [1.29, 1.82) is 0 Å². The molecule has 1 aromatic heterocycles. The largest absolute Gasteiger partial charge is 0.494 e. The minimum Gasteiger partial charge on any atom is -0.494 e. The molecule has 0 saturated heterocycles. The maximum atomic E-state index is 12.8. The molecule has 0 aliphatic heterocycles. The number of aromatic nitrogens is 3. The molecular formula is C22H27N5O2. The number of rotatable bonds is 7. The van der Waals surface area contributed by atoms with Gasteiger partial charge in [0, 0.05) is 7.05 Å². The zero-order valence-electron chi connectivity index (χ0n) is 17.2. The van der Waals surface area contributed by atoms with Crippen LogP contribution in [-0.4, -0.2) is 39.4 Å². The topological polar surface area (TPSA) is 72.3 Å². The first-order valence-electron chi connectivity index (χ1n) is 9.70. The molecule has 0 aliphatic carbocycles.